The van der Waals surface area contributed by atoms with Crippen molar-refractivity contribution in [3.63, 3.8) is 0 Å². The fourth-order valence-corrected chi connectivity index (χ4v) is 2.99. The molecule has 0 aliphatic heterocycles. The van der Waals surface area contributed by atoms with Crippen molar-refractivity contribution >= 4 is 51.3 Å². The molecule has 2 aromatic carbocycles. The molecule has 0 saturated carbocycles. The Morgan fingerprint density at radius 3 is 2.58 bits per heavy atom. The van der Waals surface area contributed by atoms with Gasteiger partial charge in [0.25, 0.3) is 5.91 Å². The van der Waals surface area contributed by atoms with E-state index < -0.39 is 0 Å². The predicted molar refractivity (Wildman–Crippen MR) is 111 cm³/mol. The van der Waals surface area contributed by atoms with Crippen LogP contribution in [-0.2, 0) is 10.2 Å². The van der Waals surface area contributed by atoms with Gasteiger partial charge in [0.05, 0.1) is 15.7 Å². The Balaban J connectivity index is 1.90. The van der Waals surface area contributed by atoms with Gasteiger partial charge in [-0.3, -0.25) is 4.79 Å². The van der Waals surface area contributed by atoms with Crippen LogP contribution < -0.4 is 10.2 Å². The second kappa shape index (κ2) is 8.89. The van der Waals surface area contributed by atoms with Gasteiger partial charge in [-0.05, 0) is 51.2 Å². The highest BCUT2D eigenvalue weighted by atomic mass is 79.9. The zero-order chi connectivity index (χ0) is 19.3. The second-order valence-corrected chi connectivity index (χ2v) is 8.34. The number of halogens is 3. The lowest BCUT2D eigenvalue weighted by molar-refractivity contribution is -0.123. The summed E-state index contributed by atoms with van der Waals surface area (Å²) in [6, 6.07) is 10.8. The summed E-state index contributed by atoms with van der Waals surface area (Å²) in [4.78, 5) is 11.9. The molecule has 1 amide bonds. The van der Waals surface area contributed by atoms with Crippen molar-refractivity contribution in [1.29, 1.82) is 0 Å². The minimum absolute atomic E-state index is 0.0378. The average molecular weight is 458 g/mol. The normalized spacial score (nSPS) is 11.6. The van der Waals surface area contributed by atoms with Crippen molar-refractivity contribution in [2.45, 2.75) is 26.2 Å². The van der Waals surface area contributed by atoms with Crippen molar-refractivity contribution in [1.82, 2.24) is 5.43 Å². The molecule has 0 saturated heterocycles. The lowest BCUT2D eigenvalue weighted by Crippen LogP contribution is -2.24. The van der Waals surface area contributed by atoms with Gasteiger partial charge in [-0.1, -0.05) is 56.1 Å². The van der Waals surface area contributed by atoms with E-state index in [2.05, 4.69) is 47.2 Å². The number of amides is 1. The van der Waals surface area contributed by atoms with E-state index in [1.54, 1.807) is 18.2 Å². The number of carbonyl (C=O) groups is 1. The molecular formula is C19H19BrCl2N2O2. The topological polar surface area (TPSA) is 50.7 Å². The third-order valence-electron chi connectivity index (χ3n) is 3.51. The third-order valence-corrected chi connectivity index (χ3v) is 4.69. The van der Waals surface area contributed by atoms with Crippen LogP contribution in [0.3, 0.4) is 0 Å². The minimum atomic E-state index is -0.377. The van der Waals surface area contributed by atoms with Crippen molar-refractivity contribution in [3.8, 4) is 5.75 Å². The molecule has 0 heterocycles. The molecule has 0 aliphatic carbocycles. The van der Waals surface area contributed by atoms with Crippen LogP contribution >= 0.6 is 39.1 Å². The van der Waals surface area contributed by atoms with E-state index in [1.165, 1.54) is 11.8 Å². The molecule has 0 radical (unpaired) electrons. The molecule has 1 N–H and O–H groups in total. The van der Waals surface area contributed by atoms with E-state index >= 15 is 0 Å². The highest BCUT2D eigenvalue weighted by Crippen LogP contribution is 2.31. The molecule has 0 bridgehead atoms. The molecule has 0 aliphatic rings. The number of nitrogens with zero attached hydrogens (tertiary/aromatic N) is 1. The van der Waals surface area contributed by atoms with Gasteiger partial charge < -0.3 is 4.74 Å². The molecule has 0 atom stereocenters. The lowest BCUT2D eigenvalue weighted by Gasteiger charge is -2.20. The first-order valence-corrected chi connectivity index (χ1v) is 9.41. The van der Waals surface area contributed by atoms with E-state index in [0.717, 1.165) is 4.47 Å². The summed E-state index contributed by atoms with van der Waals surface area (Å²) in [5.74, 6) is 0.219. The summed E-state index contributed by atoms with van der Waals surface area (Å²) in [6.45, 7) is 6.24. The van der Waals surface area contributed by atoms with Gasteiger partial charge in [-0.2, -0.15) is 5.10 Å². The van der Waals surface area contributed by atoms with E-state index in [4.69, 9.17) is 27.9 Å². The van der Waals surface area contributed by atoms with Gasteiger partial charge in [-0.25, -0.2) is 5.43 Å². The Labute approximate surface area is 171 Å². The molecule has 2 rings (SSSR count). The summed E-state index contributed by atoms with van der Waals surface area (Å²) in [5.41, 5.74) is 4.26. The molecule has 0 fully saturated rings. The number of carbonyl (C=O) groups excluding carboxylic acids is 1. The summed E-state index contributed by atoms with van der Waals surface area (Å²) in [5, 5.41) is 4.86. The molecule has 138 valence electrons. The van der Waals surface area contributed by atoms with Gasteiger partial charge in [0.1, 0.15) is 5.75 Å². The van der Waals surface area contributed by atoms with Gasteiger partial charge in [0.2, 0.25) is 0 Å². The Hall–Kier alpha value is -1.56. The maximum Gasteiger partial charge on any atom is 0.277 e. The van der Waals surface area contributed by atoms with Crippen LogP contribution in [0.1, 0.15) is 31.9 Å². The number of nitrogens with one attached hydrogen (secondary N) is 1. The number of benzene rings is 2. The first-order chi connectivity index (χ1) is 12.2. The SMILES string of the molecule is CC(C)(C)c1ccc(OCC(=O)NN=Cc2ccc(Cl)cc2Cl)c(Br)c1. The quantitative estimate of drug-likeness (QED) is 0.470. The number of hydrazone groups is 1. The van der Waals surface area contributed by atoms with Gasteiger partial charge in [0.15, 0.2) is 6.61 Å². The molecular weight excluding hydrogens is 439 g/mol. The van der Waals surface area contributed by atoms with E-state index in [0.29, 0.717) is 21.4 Å². The van der Waals surface area contributed by atoms with E-state index in [-0.39, 0.29) is 17.9 Å². The van der Waals surface area contributed by atoms with Gasteiger partial charge in [-0.15, -0.1) is 0 Å². The molecule has 2 aromatic rings. The third kappa shape index (κ3) is 6.01. The monoisotopic (exact) mass is 456 g/mol. The average Bonchev–Trinajstić information content (AvgIpc) is 2.55. The Bertz CT molecular complexity index is 833. The maximum atomic E-state index is 11.9. The Morgan fingerprint density at radius 2 is 1.96 bits per heavy atom. The molecule has 26 heavy (non-hydrogen) atoms. The van der Waals surface area contributed by atoms with Crippen LogP contribution in [0.25, 0.3) is 0 Å². The van der Waals surface area contributed by atoms with Crippen LogP contribution in [0.2, 0.25) is 10.0 Å². The highest BCUT2D eigenvalue weighted by molar-refractivity contribution is 9.10. The fourth-order valence-electron chi connectivity index (χ4n) is 2.04. The van der Waals surface area contributed by atoms with Crippen LogP contribution in [-0.4, -0.2) is 18.7 Å². The smallest absolute Gasteiger partial charge is 0.277 e. The number of hydrogen-bond acceptors (Lipinski definition) is 3. The first-order valence-electron chi connectivity index (χ1n) is 7.86. The van der Waals surface area contributed by atoms with Crippen molar-refractivity contribution in [2.75, 3.05) is 6.61 Å². The maximum absolute atomic E-state index is 11.9. The van der Waals surface area contributed by atoms with Crippen LogP contribution in [0.15, 0.2) is 46.0 Å². The largest absolute Gasteiger partial charge is 0.483 e. The molecule has 7 heteroatoms. The minimum Gasteiger partial charge on any atom is -0.483 e. The Morgan fingerprint density at radius 1 is 1.23 bits per heavy atom. The number of ether oxygens (including phenoxy) is 1. The van der Waals surface area contributed by atoms with Gasteiger partial charge in [0, 0.05) is 10.6 Å². The summed E-state index contributed by atoms with van der Waals surface area (Å²) in [7, 11) is 0. The van der Waals surface area contributed by atoms with Gasteiger partial charge >= 0.3 is 0 Å². The van der Waals surface area contributed by atoms with Crippen LogP contribution in [0.4, 0.5) is 0 Å². The van der Waals surface area contributed by atoms with Crippen molar-refractivity contribution < 1.29 is 9.53 Å². The second-order valence-electron chi connectivity index (χ2n) is 6.64. The van der Waals surface area contributed by atoms with Crippen LogP contribution in [0.5, 0.6) is 5.75 Å². The Kier molecular flexibility index (Phi) is 7.09. The molecule has 0 unspecified atom stereocenters. The lowest BCUT2D eigenvalue weighted by atomic mass is 9.87. The zero-order valence-electron chi connectivity index (χ0n) is 14.6. The standard InChI is InChI=1S/C19H19BrCl2N2O2/c1-19(2,3)13-5-7-17(15(20)8-13)26-11-18(25)24-23-10-12-4-6-14(21)9-16(12)22/h4-10H,11H2,1-3H3,(H,24,25). The highest BCUT2D eigenvalue weighted by Gasteiger charge is 2.15. The molecule has 0 spiro atoms. The van der Waals surface area contributed by atoms with E-state index in [9.17, 15) is 4.79 Å². The first kappa shape index (κ1) is 20.7. The fraction of sp³-hybridized carbons (Fsp3) is 0.263. The van der Waals surface area contributed by atoms with Crippen molar-refractivity contribution in [2.24, 2.45) is 5.10 Å². The zero-order valence-corrected chi connectivity index (χ0v) is 17.7. The predicted octanol–water partition coefficient (Wildman–Crippen LogP) is 5.58. The van der Waals surface area contributed by atoms with E-state index in [1.807, 2.05) is 18.2 Å². The summed E-state index contributed by atoms with van der Waals surface area (Å²) >= 11 is 15.3. The molecule has 0 aromatic heterocycles. The molecule has 4 nitrogen and oxygen atoms in total. The van der Waals surface area contributed by atoms with Crippen LogP contribution in [0, 0.1) is 0 Å². The number of hydrogen-bond donors (Lipinski definition) is 1. The summed E-state index contributed by atoms with van der Waals surface area (Å²) in [6.07, 6.45) is 1.45. The van der Waals surface area contributed by atoms with Crippen molar-refractivity contribution in [3.05, 3.63) is 62.0 Å². The summed E-state index contributed by atoms with van der Waals surface area (Å²) < 4.78 is 6.33. The number of rotatable bonds is 5.